The van der Waals surface area contributed by atoms with E-state index in [-0.39, 0.29) is 17.9 Å². The molecule has 0 spiro atoms. The average molecular weight is 550 g/mol. The first-order valence-corrected chi connectivity index (χ1v) is 12.3. The van der Waals surface area contributed by atoms with Gasteiger partial charge in [0.15, 0.2) is 11.5 Å². The molecule has 1 fully saturated rings. The topological polar surface area (TPSA) is 103 Å². The third-order valence-corrected chi connectivity index (χ3v) is 7.23. The van der Waals surface area contributed by atoms with Crippen molar-refractivity contribution < 1.29 is 14.9 Å². The van der Waals surface area contributed by atoms with Gasteiger partial charge >= 0.3 is 0 Å². The van der Waals surface area contributed by atoms with E-state index in [2.05, 4.69) is 32.8 Å². The van der Waals surface area contributed by atoms with Gasteiger partial charge in [0.05, 0.1) is 44.0 Å². The number of ether oxygens (including phenoxy) is 2. The van der Waals surface area contributed by atoms with Crippen molar-refractivity contribution in [3.05, 3.63) is 64.8 Å². The molecule has 37 heavy (non-hydrogen) atoms. The summed E-state index contributed by atoms with van der Waals surface area (Å²) in [5.74, 6) is 1.41. The van der Waals surface area contributed by atoms with E-state index in [4.69, 9.17) is 26.2 Å². The van der Waals surface area contributed by atoms with E-state index >= 15 is 0 Å². The van der Waals surface area contributed by atoms with E-state index < -0.39 is 0 Å². The standard InChI is InChI=1S/C26H31ClN6O2.ClH.H2O/c1-18-21(27)5-4-6-23(18)32-11-9-31(10-12-32)8-7-22-20-13-25(34-2)26(35-3)14-24(20)33(30-22)16-19-15-28-17-29-19;;/h4-6,13-15,17H,7-12,16H2,1-3H3,(H,28,29);1H;1H2. The second kappa shape index (κ2) is 12.5. The number of benzene rings is 2. The summed E-state index contributed by atoms with van der Waals surface area (Å²) in [4.78, 5) is 12.3. The zero-order valence-electron chi connectivity index (χ0n) is 21.3. The Balaban J connectivity index is 0.00000190. The summed E-state index contributed by atoms with van der Waals surface area (Å²) in [7, 11) is 3.32. The Hall–Kier alpha value is -2.98. The lowest BCUT2D eigenvalue weighted by Gasteiger charge is -2.36. The number of halogens is 2. The molecular weight excluding hydrogens is 515 g/mol. The van der Waals surface area contributed by atoms with Crippen molar-refractivity contribution in [1.29, 1.82) is 0 Å². The Morgan fingerprint density at radius 1 is 1.05 bits per heavy atom. The van der Waals surface area contributed by atoms with Gasteiger partial charge in [0, 0.05) is 67.5 Å². The van der Waals surface area contributed by atoms with Crippen molar-refractivity contribution in [3.63, 3.8) is 0 Å². The molecule has 1 saturated heterocycles. The molecule has 2 aromatic heterocycles. The zero-order chi connectivity index (χ0) is 24.4. The van der Waals surface area contributed by atoms with E-state index in [0.29, 0.717) is 18.0 Å². The molecule has 0 bridgehead atoms. The Kier molecular flexibility index (Phi) is 9.67. The number of imidazole rings is 1. The maximum absolute atomic E-state index is 6.35. The lowest BCUT2D eigenvalue weighted by molar-refractivity contribution is 0.260. The number of rotatable bonds is 8. The highest BCUT2D eigenvalue weighted by Gasteiger charge is 2.21. The van der Waals surface area contributed by atoms with Gasteiger partial charge in [-0.05, 0) is 30.7 Å². The minimum absolute atomic E-state index is 0. The fourth-order valence-electron chi connectivity index (χ4n) is 4.82. The first kappa shape index (κ1) is 28.6. The quantitative estimate of drug-likeness (QED) is 0.359. The summed E-state index contributed by atoms with van der Waals surface area (Å²) in [6.07, 6.45) is 4.38. The number of aromatic nitrogens is 4. The van der Waals surface area contributed by atoms with Gasteiger partial charge in [-0.1, -0.05) is 17.7 Å². The third kappa shape index (κ3) is 5.96. The van der Waals surface area contributed by atoms with Crippen LogP contribution in [0.15, 0.2) is 42.9 Å². The molecule has 11 heteroatoms. The maximum Gasteiger partial charge on any atom is 0.162 e. The van der Waals surface area contributed by atoms with E-state index in [0.717, 1.165) is 72.0 Å². The summed E-state index contributed by atoms with van der Waals surface area (Å²) in [5.41, 5.74) is 5.48. The fourth-order valence-corrected chi connectivity index (χ4v) is 4.99. The van der Waals surface area contributed by atoms with Crippen LogP contribution in [0.3, 0.4) is 0 Å². The van der Waals surface area contributed by atoms with Crippen LogP contribution in [0.2, 0.25) is 5.02 Å². The summed E-state index contributed by atoms with van der Waals surface area (Å²) in [5, 5.41) is 6.91. The van der Waals surface area contributed by atoms with Crippen molar-refractivity contribution in [1.82, 2.24) is 24.6 Å². The lowest BCUT2D eigenvalue weighted by Crippen LogP contribution is -2.47. The van der Waals surface area contributed by atoms with Crippen LogP contribution < -0.4 is 14.4 Å². The molecule has 3 N–H and O–H groups in total. The van der Waals surface area contributed by atoms with E-state index in [1.807, 2.05) is 35.1 Å². The number of H-pyrrole nitrogens is 1. The monoisotopic (exact) mass is 548 g/mol. The van der Waals surface area contributed by atoms with Crippen molar-refractivity contribution >= 4 is 40.6 Å². The van der Waals surface area contributed by atoms with Crippen LogP contribution in [0.5, 0.6) is 11.5 Å². The first-order valence-electron chi connectivity index (χ1n) is 11.9. The number of aromatic amines is 1. The second-order valence-electron chi connectivity index (χ2n) is 8.87. The van der Waals surface area contributed by atoms with E-state index in [9.17, 15) is 0 Å². The Bertz CT molecular complexity index is 1300. The molecule has 0 radical (unpaired) electrons. The molecule has 0 aliphatic carbocycles. The SMILES string of the molecule is COc1cc2c(CCN3CCN(c4cccc(Cl)c4C)CC3)nn(Cc3cnc[nH]3)c2cc1OC.Cl.O. The Labute approximate surface area is 228 Å². The molecule has 3 heterocycles. The largest absolute Gasteiger partial charge is 0.493 e. The highest BCUT2D eigenvalue weighted by Crippen LogP contribution is 2.34. The summed E-state index contributed by atoms with van der Waals surface area (Å²) in [6.45, 7) is 7.66. The van der Waals surface area contributed by atoms with Crippen LogP contribution in [0.4, 0.5) is 5.69 Å². The molecule has 0 unspecified atom stereocenters. The molecule has 1 aliphatic heterocycles. The Morgan fingerprint density at radius 3 is 2.46 bits per heavy atom. The van der Waals surface area contributed by atoms with Gasteiger partial charge in [-0.2, -0.15) is 5.10 Å². The summed E-state index contributed by atoms with van der Waals surface area (Å²) < 4.78 is 13.1. The van der Waals surface area contributed by atoms with Crippen molar-refractivity contribution in [2.24, 2.45) is 0 Å². The highest BCUT2D eigenvalue weighted by molar-refractivity contribution is 6.31. The summed E-state index contributed by atoms with van der Waals surface area (Å²) in [6, 6.07) is 10.2. The zero-order valence-corrected chi connectivity index (χ0v) is 22.9. The van der Waals surface area contributed by atoms with Crippen LogP contribution in [0.25, 0.3) is 10.9 Å². The molecule has 9 nitrogen and oxygen atoms in total. The second-order valence-corrected chi connectivity index (χ2v) is 9.28. The average Bonchev–Trinajstić information content (AvgIpc) is 3.52. The number of nitrogens with zero attached hydrogens (tertiary/aromatic N) is 5. The van der Waals surface area contributed by atoms with Gasteiger partial charge in [0.1, 0.15) is 0 Å². The third-order valence-electron chi connectivity index (χ3n) is 6.82. The number of methoxy groups -OCH3 is 2. The van der Waals surface area contributed by atoms with Crippen molar-refractivity contribution in [3.8, 4) is 11.5 Å². The van der Waals surface area contributed by atoms with Crippen LogP contribution in [0.1, 0.15) is 17.0 Å². The smallest absolute Gasteiger partial charge is 0.162 e. The van der Waals surface area contributed by atoms with Gasteiger partial charge in [-0.15, -0.1) is 12.4 Å². The number of nitrogens with one attached hydrogen (secondary N) is 1. The van der Waals surface area contributed by atoms with E-state index in [1.54, 1.807) is 20.5 Å². The van der Waals surface area contributed by atoms with Gasteiger partial charge in [0.25, 0.3) is 0 Å². The number of anilines is 1. The minimum atomic E-state index is 0. The van der Waals surface area contributed by atoms with Gasteiger partial charge in [0.2, 0.25) is 0 Å². The normalized spacial score (nSPS) is 13.8. The molecule has 200 valence electrons. The van der Waals surface area contributed by atoms with Crippen LogP contribution in [-0.2, 0) is 13.0 Å². The predicted octanol–water partition coefficient (Wildman–Crippen LogP) is 3.75. The number of hydrogen-bond acceptors (Lipinski definition) is 6. The van der Waals surface area contributed by atoms with Crippen molar-refractivity contribution in [2.75, 3.05) is 51.8 Å². The van der Waals surface area contributed by atoms with Crippen molar-refractivity contribution in [2.45, 2.75) is 19.9 Å². The molecule has 2 aromatic carbocycles. The first-order chi connectivity index (χ1) is 17.1. The number of hydrogen-bond donors (Lipinski definition) is 1. The molecule has 0 amide bonds. The number of fused-ring (bicyclic) bond motifs is 1. The lowest BCUT2D eigenvalue weighted by atomic mass is 10.1. The van der Waals surface area contributed by atoms with E-state index in [1.165, 1.54) is 5.69 Å². The minimum Gasteiger partial charge on any atom is -0.493 e. The van der Waals surface area contributed by atoms with Gasteiger partial charge < -0.3 is 24.8 Å². The highest BCUT2D eigenvalue weighted by atomic mass is 35.5. The van der Waals surface area contributed by atoms with Crippen LogP contribution >= 0.6 is 24.0 Å². The molecular formula is C26H34Cl2N6O3. The van der Waals surface area contributed by atoms with Gasteiger partial charge in [-0.3, -0.25) is 9.58 Å². The molecule has 0 atom stereocenters. The summed E-state index contributed by atoms with van der Waals surface area (Å²) >= 11 is 6.35. The van der Waals surface area contributed by atoms with Crippen LogP contribution in [-0.4, -0.2) is 77.1 Å². The molecule has 1 aliphatic rings. The predicted molar refractivity (Wildman–Crippen MR) is 150 cm³/mol. The molecule has 4 aromatic rings. The Morgan fingerprint density at radius 2 is 1.78 bits per heavy atom. The maximum atomic E-state index is 6.35. The van der Waals surface area contributed by atoms with Crippen LogP contribution in [0, 0.1) is 6.92 Å². The fraction of sp³-hybridized carbons (Fsp3) is 0.385. The molecule has 0 saturated carbocycles. The molecule has 5 rings (SSSR count). The number of piperazine rings is 1. The van der Waals surface area contributed by atoms with Gasteiger partial charge in [-0.25, -0.2) is 4.98 Å².